The van der Waals surface area contributed by atoms with E-state index in [4.69, 9.17) is 0 Å². The summed E-state index contributed by atoms with van der Waals surface area (Å²) in [4.78, 5) is 16.7. The number of nitrogens with one attached hydrogen (secondary N) is 1. The van der Waals surface area contributed by atoms with Gasteiger partial charge in [0.15, 0.2) is 0 Å². The third-order valence-electron chi connectivity index (χ3n) is 3.80. The molecule has 0 aliphatic heterocycles. The van der Waals surface area contributed by atoms with Gasteiger partial charge in [0.2, 0.25) is 0 Å². The second kappa shape index (κ2) is 6.02. The zero-order chi connectivity index (χ0) is 15.5. The van der Waals surface area contributed by atoms with Crippen LogP contribution in [0.4, 0.5) is 0 Å². The molecular weight excluding hydrogens is 274 g/mol. The van der Waals surface area contributed by atoms with Crippen molar-refractivity contribution in [2.24, 2.45) is 0 Å². The molecule has 2 aromatic heterocycles. The first kappa shape index (κ1) is 14.3. The van der Waals surface area contributed by atoms with Crippen molar-refractivity contribution >= 4 is 11.6 Å². The maximum absolute atomic E-state index is 12.1. The number of imidazole rings is 1. The van der Waals surface area contributed by atoms with Crippen LogP contribution in [0.1, 0.15) is 27.3 Å². The lowest BCUT2D eigenvalue weighted by atomic mass is 10.1. The first-order chi connectivity index (χ1) is 10.6. The molecule has 0 aliphatic carbocycles. The molecule has 1 aromatic carbocycles. The highest BCUT2D eigenvalue weighted by atomic mass is 16.1. The Morgan fingerprint density at radius 2 is 1.95 bits per heavy atom. The highest BCUT2D eigenvalue weighted by Gasteiger charge is 2.08. The second-order valence-corrected chi connectivity index (χ2v) is 5.45. The van der Waals surface area contributed by atoms with Gasteiger partial charge >= 0.3 is 0 Å². The van der Waals surface area contributed by atoms with Gasteiger partial charge in [-0.2, -0.15) is 0 Å². The standard InChI is InChI=1S/C18H19N3O/c1-13-6-3-4-8-16(13)18(22)19-11-10-15-12-21-14(2)7-5-9-17(21)20-15/h3-9,12H,10-11H2,1-2H3,(H,19,22). The van der Waals surface area contributed by atoms with Crippen molar-refractivity contribution in [1.82, 2.24) is 14.7 Å². The summed E-state index contributed by atoms with van der Waals surface area (Å²) in [7, 11) is 0. The van der Waals surface area contributed by atoms with Crippen molar-refractivity contribution in [3.8, 4) is 0 Å². The van der Waals surface area contributed by atoms with Gasteiger partial charge < -0.3 is 9.72 Å². The van der Waals surface area contributed by atoms with E-state index in [-0.39, 0.29) is 5.91 Å². The minimum atomic E-state index is -0.0296. The molecule has 4 nitrogen and oxygen atoms in total. The van der Waals surface area contributed by atoms with Crippen molar-refractivity contribution < 1.29 is 4.79 Å². The fraction of sp³-hybridized carbons (Fsp3) is 0.222. The largest absolute Gasteiger partial charge is 0.352 e. The minimum absolute atomic E-state index is 0.0296. The van der Waals surface area contributed by atoms with Crippen LogP contribution in [0.2, 0.25) is 0 Å². The highest BCUT2D eigenvalue weighted by Crippen LogP contribution is 2.09. The van der Waals surface area contributed by atoms with E-state index in [2.05, 4.69) is 27.7 Å². The molecule has 0 spiro atoms. The molecule has 0 saturated heterocycles. The Bertz CT molecular complexity index is 820. The third kappa shape index (κ3) is 2.86. The molecule has 1 N–H and O–H groups in total. The minimum Gasteiger partial charge on any atom is -0.352 e. The van der Waals surface area contributed by atoms with Crippen LogP contribution in [0.3, 0.4) is 0 Å². The van der Waals surface area contributed by atoms with Crippen LogP contribution in [-0.2, 0) is 6.42 Å². The molecule has 0 fully saturated rings. The lowest BCUT2D eigenvalue weighted by molar-refractivity contribution is 0.0953. The number of pyridine rings is 1. The SMILES string of the molecule is Cc1ccccc1C(=O)NCCc1cn2c(C)cccc2n1. The van der Waals surface area contributed by atoms with Crippen molar-refractivity contribution in [3.63, 3.8) is 0 Å². The molecule has 2 heterocycles. The zero-order valence-electron chi connectivity index (χ0n) is 12.8. The summed E-state index contributed by atoms with van der Waals surface area (Å²) < 4.78 is 2.07. The predicted molar refractivity (Wildman–Crippen MR) is 87.1 cm³/mol. The number of aromatic nitrogens is 2. The molecule has 4 heteroatoms. The van der Waals surface area contributed by atoms with Crippen LogP contribution in [0.25, 0.3) is 5.65 Å². The van der Waals surface area contributed by atoms with Crippen molar-refractivity contribution in [1.29, 1.82) is 0 Å². The van der Waals surface area contributed by atoms with E-state index in [1.54, 1.807) is 0 Å². The molecule has 0 unspecified atom stereocenters. The smallest absolute Gasteiger partial charge is 0.251 e. The van der Waals surface area contributed by atoms with E-state index in [1.807, 2.05) is 49.5 Å². The van der Waals surface area contributed by atoms with Gasteiger partial charge in [-0.25, -0.2) is 4.98 Å². The Balaban J connectivity index is 1.64. The summed E-state index contributed by atoms with van der Waals surface area (Å²) in [5, 5.41) is 2.96. The topological polar surface area (TPSA) is 46.4 Å². The highest BCUT2D eigenvalue weighted by molar-refractivity contribution is 5.95. The maximum atomic E-state index is 12.1. The van der Waals surface area contributed by atoms with E-state index < -0.39 is 0 Å². The van der Waals surface area contributed by atoms with Gasteiger partial charge in [0.1, 0.15) is 5.65 Å². The quantitative estimate of drug-likeness (QED) is 0.804. The number of fused-ring (bicyclic) bond motifs is 1. The van der Waals surface area contributed by atoms with E-state index in [0.717, 1.165) is 34.6 Å². The lowest BCUT2D eigenvalue weighted by Crippen LogP contribution is -2.26. The van der Waals surface area contributed by atoms with E-state index in [9.17, 15) is 4.79 Å². The lowest BCUT2D eigenvalue weighted by Gasteiger charge is -2.06. The van der Waals surface area contributed by atoms with Gasteiger partial charge in [-0.1, -0.05) is 24.3 Å². The van der Waals surface area contributed by atoms with Gasteiger partial charge in [-0.15, -0.1) is 0 Å². The molecule has 0 bridgehead atoms. The first-order valence-corrected chi connectivity index (χ1v) is 7.42. The Morgan fingerprint density at radius 3 is 2.73 bits per heavy atom. The molecule has 112 valence electrons. The average Bonchev–Trinajstić information content (AvgIpc) is 2.92. The number of amides is 1. The molecule has 3 rings (SSSR count). The van der Waals surface area contributed by atoms with Crippen LogP contribution in [-0.4, -0.2) is 21.8 Å². The Morgan fingerprint density at radius 1 is 1.14 bits per heavy atom. The summed E-state index contributed by atoms with van der Waals surface area (Å²) in [5.41, 5.74) is 4.80. The number of hydrogen-bond acceptors (Lipinski definition) is 2. The summed E-state index contributed by atoms with van der Waals surface area (Å²) in [6, 6.07) is 13.7. The fourth-order valence-corrected chi connectivity index (χ4v) is 2.55. The summed E-state index contributed by atoms with van der Waals surface area (Å²) in [5.74, 6) is -0.0296. The Labute approximate surface area is 129 Å². The van der Waals surface area contributed by atoms with E-state index in [0.29, 0.717) is 6.54 Å². The number of rotatable bonds is 4. The van der Waals surface area contributed by atoms with Crippen LogP contribution >= 0.6 is 0 Å². The number of benzene rings is 1. The summed E-state index contributed by atoms with van der Waals surface area (Å²) in [6.45, 7) is 4.58. The predicted octanol–water partition coefficient (Wildman–Crippen LogP) is 2.92. The van der Waals surface area contributed by atoms with Crippen LogP contribution in [0.15, 0.2) is 48.7 Å². The summed E-state index contributed by atoms with van der Waals surface area (Å²) in [6.07, 6.45) is 2.75. The molecule has 0 aliphatic rings. The van der Waals surface area contributed by atoms with E-state index >= 15 is 0 Å². The first-order valence-electron chi connectivity index (χ1n) is 7.42. The fourth-order valence-electron chi connectivity index (χ4n) is 2.55. The number of hydrogen-bond donors (Lipinski definition) is 1. The number of aryl methyl sites for hydroxylation is 2. The van der Waals surface area contributed by atoms with E-state index in [1.165, 1.54) is 0 Å². The van der Waals surface area contributed by atoms with Crippen LogP contribution < -0.4 is 5.32 Å². The van der Waals surface area contributed by atoms with Crippen molar-refractivity contribution in [2.45, 2.75) is 20.3 Å². The average molecular weight is 293 g/mol. The number of nitrogens with zero attached hydrogens (tertiary/aromatic N) is 2. The normalized spacial score (nSPS) is 10.8. The van der Waals surface area contributed by atoms with Crippen molar-refractivity contribution in [2.75, 3.05) is 6.54 Å². The van der Waals surface area contributed by atoms with Gasteiger partial charge in [-0.3, -0.25) is 4.79 Å². The zero-order valence-corrected chi connectivity index (χ0v) is 12.8. The van der Waals surface area contributed by atoms with Crippen LogP contribution in [0, 0.1) is 13.8 Å². The van der Waals surface area contributed by atoms with Crippen LogP contribution in [0.5, 0.6) is 0 Å². The Hall–Kier alpha value is -2.62. The molecule has 3 aromatic rings. The molecule has 0 saturated carbocycles. The molecular formula is C18H19N3O. The monoisotopic (exact) mass is 293 g/mol. The van der Waals surface area contributed by atoms with Gasteiger partial charge in [0.05, 0.1) is 5.69 Å². The Kier molecular flexibility index (Phi) is 3.92. The maximum Gasteiger partial charge on any atom is 0.251 e. The van der Waals surface area contributed by atoms with Gasteiger partial charge in [0.25, 0.3) is 5.91 Å². The number of carbonyl (C=O) groups is 1. The second-order valence-electron chi connectivity index (χ2n) is 5.45. The molecule has 0 radical (unpaired) electrons. The number of carbonyl (C=O) groups excluding carboxylic acids is 1. The molecule has 0 atom stereocenters. The van der Waals surface area contributed by atoms with Gasteiger partial charge in [-0.05, 0) is 37.6 Å². The van der Waals surface area contributed by atoms with Gasteiger partial charge in [0, 0.05) is 30.4 Å². The molecule has 22 heavy (non-hydrogen) atoms. The van der Waals surface area contributed by atoms with Crippen molar-refractivity contribution in [3.05, 3.63) is 71.2 Å². The molecule has 1 amide bonds. The summed E-state index contributed by atoms with van der Waals surface area (Å²) >= 11 is 0. The third-order valence-corrected chi connectivity index (χ3v) is 3.80.